The molecule has 0 unspecified atom stereocenters. The maximum absolute atomic E-state index is 12.0. The first-order valence-corrected chi connectivity index (χ1v) is 8.87. The van der Waals surface area contributed by atoms with Crippen molar-refractivity contribution in [1.29, 1.82) is 0 Å². The van der Waals surface area contributed by atoms with Gasteiger partial charge in [-0.25, -0.2) is 4.79 Å². The number of carboxylic acid groups (broad SMARTS) is 1. The van der Waals surface area contributed by atoms with Gasteiger partial charge in [-0.05, 0) is 42.8 Å². The Bertz CT molecular complexity index is 836. The van der Waals surface area contributed by atoms with E-state index in [9.17, 15) is 13.2 Å². The summed E-state index contributed by atoms with van der Waals surface area (Å²) in [4.78, 5) is 10.5. The molecule has 1 N–H and O–H groups in total. The van der Waals surface area contributed by atoms with Crippen LogP contribution in [0.1, 0.15) is 11.1 Å². The fourth-order valence-electron chi connectivity index (χ4n) is 1.92. The van der Waals surface area contributed by atoms with Gasteiger partial charge in [0.1, 0.15) is 19.0 Å². The Morgan fingerprint density at radius 3 is 2.28 bits per heavy atom. The van der Waals surface area contributed by atoms with Crippen molar-refractivity contribution >= 4 is 22.2 Å². The van der Waals surface area contributed by atoms with Gasteiger partial charge in [0.2, 0.25) is 0 Å². The molecule has 132 valence electrons. The fraction of sp³-hybridized carbons (Fsp3) is 0.167. The summed E-state index contributed by atoms with van der Waals surface area (Å²) >= 11 is 0. The van der Waals surface area contributed by atoms with E-state index in [-0.39, 0.29) is 18.1 Å². The number of rotatable bonds is 8. The molecular formula is C18H18O6S. The van der Waals surface area contributed by atoms with E-state index >= 15 is 0 Å². The average Bonchev–Trinajstić information content (AvgIpc) is 2.58. The van der Waals surface area contributed by atoms with E-state index in [1.807, 2.05) is 6.92 Å². The van der Waals surface area contributed by atoms with Crippen LogP contribution in [0.4, 0.5) is 0 Å². The third-order valence-corrected chi connectivity index (χ3v) is 4.53. The Balaban J connectivity index is 1.82. The van der Waals surface area contributed by atoms with Crippen LogP contribution in [-0.4, -0.2) is 32.7 Å². The zero-order valence-corrected chi connectivity index (χ0v) is 14.4. The summed E-state index contributed by atoms with van der Waals surface area (Å²) in [7, 11) is -3.80. The SMILES string of the molecule is Cc1ccc(S(=O)(=O)OCCOc2ccc(C=CC(=O)O)cc2)cc1. The minimum Gasteiger partial charge on any atom is -0.491 e. The van der Waals surface area contributed by atoms with Crippen LogP contribution in [-0.2, 0) is 19.1 Å². The molecule has 25 heavy (non-hydrogen) atoms. The molecule has 2 aromatic carbocycles. The molecule has 0 radical (unpaired) electrons. The van der Waals surface area contributed by atoms with Crippen molar-refractivity contribution in [3.05, 3.63) is 65.7 Å². The molecule has 0 bridgehead atoms. The number of carboxylic acids is 1. The Morgan fingerprint density at radius 1 is 1.04 bits per heavy atom. The molecule has 0 aliphatic heterocycles. The molecule has 0 aliphatic rings. The zero-order valence-electron chi connectivity index (χ0n) is 13.6. The molecule has 2 aromatic rings. The normalized spacial score (nSPS) is 11.6. The maximum atomic E-state index is 12.0. The summed E-state index contributed by atoms with van der Waals surface area (Å²) < 4.78 is 34.3. The highest BCUT2D eigenvalue weighted by Gasteiger charge is 2.14. The number of benzene rings is 2. The van der Waals surface area contributed by atoms with Gasteiger partial charge in [-0.1, -0.05) is 29.8 Å². The van der Waals surface area contributed by atoms with Crippen molar-refractivity contribution in [1.82, 2.24) is 0 Å². The van der Waals surface area contributed by atoms with E-state index in [1.165, 1.54) is 18.2 Å². The van der Waals surface area contributed by atoms with Crippen molar-refractivity contribution in [2.24, 2.45) is 0 Å². The third kappa shape index (κ3) is 6.06. The zero-order chi connectivity index (χ0) is 18.3. The van der Waals surface area contributed by atoms with Crippen molar-refractivity contribution < 1.29 is 27.2 Å². The molecule has 0 atom stereocenters. The number of hydrogen-bond acceptors (Lipinski definition) is 5. The lowest BCUT2D eigenvalue weighted by atomic mass is 10.2. The van der Waals surface area contributed by atoms with E-state index in [2.05, 4.69) is 0 Å². The Labute approximate surface area is 146 Å². The van der Waals surface area contributed by atoms with Gasteiger partial charge in [-0.15, -0.1) is 0 Å². The first-order chi connectivity index (χ1) is 11.9. The fourth-order valence-corrected chi connectivity index (χ4v) is 2.81. The van der Waals surface area contributed by atoms with Gasteiger partial charge in [0.25, 0.3) is 10.1 Å². The van der Waals surface area contributed by atoms with Crippen molar-refractivity contribution in [3.63, 3.8) is 0 Å². The first kappa shape index (κ1) is 18.7. The highest BCUT2D eigenvalue weighted by molar-refractivity contribution is 7.86. The number of ether oxygens (including phenoxy) is 1. The first-order valence-electron chi connectivity index (χ1n) is 7.47. The number of carbonyl (C=O) groups is 1. The van der Waals surface area contributed by atoms with Gasteiger partial charge in [0.15, 0.2) is 0 Å². The second kappa shape index (κ2) is 8.46. The van der Waals surface area contributed by atoms with Crippen LogP contribution in [0.2, 0.25) is 0 Å². The van der Waals surface area contributed by atoms with Crippen LogP contribution < -0.4 is 4.74 Å². The predicted molar refractivity (Wildman–Crippen MR) is 92.9 cm³/mol. The van der Waals surface area contributed by atoms with Crippen molar-refractivity contribution in [2.75, 3.05) is 13.2 Å². The van der Waals surface area contributed by atoms with E-state index in [1.54, 1.807) is 36.4 Å². The van der Waals surface area contributed by atoms with Gasteiger partial charge in [-0.3, -0.25) is 4.18 Å². The van der Waals surface area contributed by atoms with E-state index < -0.39 is 16.1 Å². The minimum absolute atomic E-state index is 0.0649. The molecular weight excluding hydrogens is 344 g/mol. The largest absolute Gasteiger partial charge is 0.491 e. The Kier molecular flexibility index (Phi) is 6.32. The molecule has 0 amide bonds. The summed E-state index contributed by atoms with van der Waals surface area (Å²) in [5.74, 6) is -0.490. The number of aliphatic carboxylic acids is 1. The van der Waals surface area contributed by atoms with Crippen molar-refractivity contribution in [2.45, 2.75) is 11.8 Å². The quantitative estimate of drug-likeness (QED) is 0.441. The number of hydrogen-bond donors (Lipinski definition) is 1. The highest BCUT2D eigenvalue weighted by Crippen LogP contribution is 2.15. The molecule has 0 heterocycles. The van der Waals surface area contributed by atoms with Crippen LogP contribution in [0.15, 0.2) is 59.5 Å². The summed E-state index contributed by atoms with van der Waals surface area (Å²) in [5.41, 5.74) is 1.68. The van der Waals surface area contributed by atoms with E-state index in [4.69, 9.17) is 14.0 Å². The molecule has 7 heteroatoms. The highest BCUT2D eigenvalue weighted by atomic mass is 32.2. The topological polar surface area (TPSA) is 89.9 Å². The van der Waals surface area contributed by atoms with Gasteiger partial charge in [0, 0.05) is 6.08 Å². The van der Waals surface area contributed by atoms with E-state index in [0.717, 1.165) is 11.6 Å². The number of aryl methyl sites for hydroxylation is 1. The summed E-state index contributed by atoms with van der Waals surface area (Å²) in [5, 5.41) is 8.56. The average molecular weight is 362 g/mol. The Hall–Kier alpha value is -2.64. The van der Waals surface area contributed by atoms with Crippen LogP contribution in [0.25, 0.3) is 6.08 Å². The lowest BCUT2D eigenvalue weighted by Gasteiger charge is -2.08. The molecule has 0 saturated carbocycles. The summed E-state index contributed by atoms with van der Waals surface area (Å²) in [6.07, 6.45) is 2.50. The van der Waals surface area contributed by atoms with Crippen LogP contribution in [0.5, 0.6) is 5.75 Å². The lowest BCUT2D eigenvalue weighted by Crippen LogP contribution is -2.13. The predicted octanol–water partition coefficient (Wildman–Crippen LogP) is 2.88. The molecule has 0 fully saturated rings. The van der Waals surface area contributed by atoms with Crippen LogP contribution in [0, 0.1) is 6.92 Å². The Morgan fingerprint density at radius 2 is 1.68 bits per heavy atom. The molecule has 2 rings (SSSR count). The molecule has 0 spiro atoms. The van der Waals surface area contributed by atoms with Gasteiger partial charge in [-0.2, -0.15) is 8.42 Å². The smallest absolute Gasteiger partial charge is 0.328 e. The summed E-state index contributed by atoms with van der Waals surface area (Å²) in [6, 6.07) is 13.1. The van der Waals surface area contributed by atoms with E-state index in [0.29, 0.717) is 11.3 Å². The second-order valence-electron chi connectivity index (χ2n) is 5.18. The van der Waals surface area contributed by atoms with Gasteiger partial charge < -0.3 is 9.84 Å². The standard InChI is InChI=1S/C18H18O6S/c1-14-2-9-17(10-3-14)25(21,22)24-13-12-23-16-7-4-15(5-8-16)6-11-18(19)20/h2-11H,12-13H2,1H3,(H,19,20). The van der Waals surface area contributed by atoms with Crippen LogP contribution >= 0.6 is 0 Å². The van der Waals surface area contributed by atoms with Crippen LogP contribution in [0.3, 0.4) is 0 Å². The van der Waals surface area contributed by atoms with Gasteiger partial charge >= 0.3 is 5.97 Å². The van der Waals surface area contributed by atoms with Gasteiger partial charge in [0.05, 0.1) is 4.90 Å². The minimum atomic E-state index is -3.80. The molecule has 0 aromatic heterocycles. The third-order valence-electron chi connectivity index (χ3n) is 3.20. The molecule has 0 aliphatic carbocycles. The molecule has 6 nitrogen and oxygen atoms in total. The second-order valence-corrected chi connectivity index (χ2v) is 6.79. The summed E-state index contributed by atoms with van der Waals surface area (Å²) in [6.45, 7) is 1.82. The van der Waals surface area contributed by atoms with Crippen molar-refractivity contribution in [3.8, 4) is 5.75 Å². The lowest BCUT2D eigenvalue weighted by molar-refractivity contribution is -0.131. The molecule has 0 saturated heterocycles. The monoisotopic (exact) mass is 362 g/mol. The maximum Gasteiger partial charge on any atom is 0.328 e.